The normalized spacial score (nSPS) is 13.4. The Kier molecular flexibility index (Phi) is 30.1. The second kappa shape index (κ2) is 31.5. The molecule has 1 unspecified atom stereocenters. The Balaban J connectivity index is 3.67. The lowest BCUT2D eigenvalue weighted by Gasteiger charge is -2.15. The molecule has 0 fully saturated rings. The number of carbonyl (C=O) groups is 2. The van der Waals surface area contributed by atoms with E-state index in [1.54, 1.807) is 0 Å². The Bertz CT molecular complexity index is 727. The number of carbonyl (C=O) groups excluding carboxylic acids is 2. The van der Waals surface area contributed by atoms with Crippen LogP contribution in [0.15, 0.2) is 36.5 Å². The highest BCUT2D eigenvalue weighted by molar-refractivity contribution is 5.70. The second-order valence-corrected chi connectivity index (χ2v) is 12.2. The fourth-order valence-electron chi connectivity index (χ4n) is 4.77. The van der Waals surface area contributed by atoms with E-state index < -0.39 is 12.2 Å². The van der Waals surface area contributed by atoms with Gasteiger partial charge in [0, 0.05) is 12.8 Å². The van der Waals surface area contributed by atoms with E-state index >= 15 is 0 Å². The number of aliphatic hydroxyl groups is 2. The summed E-state index contributed by atoms with van der Waals surface area (Å²) in [4.78, 5) is 24.1. The van der Waals surface area contributed by atoms with Crippen LogP contribution in [0.5, 0.6) is 0 Å². The van der Waals surface area contributed by atoms with Crippen LogP contribution in [0.25, 0.3) is 0 Å². The Morgan fingerprint density at radius 3 is 1.84 bits per heavy atom. The number of unbranched alkanes of at least 4 members (excludes halogenated alkanes) is 14. The maximum atomic E-state index is 12.1. The Morgan fingerprint density at radius 2 is 1.26 bits per heavy atom. The van der Waals surface area contributed by atoms with Gasteiger partial charge in [-0.3, -0.25) is 9.59 Å². The van der Waals surface area contributed by atoms with Crippen molar-refractivity contribution in [2.24, 2.45) is 5.92 Å². The van der Waals surface area contributed by atoms with Gasteiger partial charge >= 0.3 is 11.9 Å². The highest BCUT2D eigenvalue weighted by Gasteiger charge is 2.16. The molecule has 0 spiro atoms. The molecule has 6 nitrogen and oxygen atoms in total. The zero-order valence-corrected chi connectivity index (χ0v) is 28.0. The zero-order valence-electron chi connectivity index (χ0n) is 28.0. The van der Waals surface area contributed by atoms with E-state index in [-0.39, 0.29) is 25.2 Å². The average molecular weight is 607 g/mol. The summed E-state index contributed by atoms with van der Waals surface area (Å²) in [6.45, 7) is 6.22. The van der Waals surface area contributed by atoms with E-state index in [0.29, 0.717) is 19.3 Å². The first-order chi connectivity index (χ1) is 20.9. The molecule has 0 bridgehead atoms. The van der Waals surface area contributed by atoms with E-state index in [4.69, 9.17) is 9.47 Å². The van der Waals surface area contributed by atoms with Gasteiger partial charge in [-0.15, -0.1) is 0 Å². The molecule has 2 N–H and O–H groups in total. The predicted molar refractivity (Wildman–Crippen MR) is 179 cm³/mol. The molecular weight excluding hydrogens is 540 g/mol. The summed E-state index contributed by atoms with van der Waals surface area (Å²) in [6, 6.07) is 0. The molecule has 0 heterocycles. The smallest absolute Gasteiger partial charge is 0.306 e. The molecule has 0 aromatic carbocycles. The molecule has 2 atom stereocenters. The minimum Gasteiger partial charge on any atom is -0.462 e. The van der Waals surface area contributed by atoms with Gasteiger partial charge in [0.05, 0.1) is 12.7 Å². The van der Waals surface area contributed by atoms with Crippen LogP contribution < -0.4 is 0 Å². The molecular formula is C37H66O6. The van der Waals surface area contributed by atoms with Gasteiger partial charge in [0.15, 0.2) is 6.10 Å². The van der Waals surface area contributed by atoms with E-state index in [0.717, 1.165) is 70.1 Å². The van der Waals surface area contributed by atoms with Gasteiger partial charge in [0.1, 0.15) is 6.61 Å². The predicted octanol–water partition coefficient (Wildman–Crippen LogP) is 9.33. The number of hydrogen-bond donors (Lipinski definition) is 2. The van der Waals surface area contributed by atoms with Crippen LogP contribution in [-0.2, 0) is 19.1 Å². The minimum absolute atomic E-state index is 0.0875. The lowest BCUT2D eigenvalue weighted by molar-refractivity contribution is -0.161. The maximum absolute atomic E-state index is 12.1. The monoisotopic (exact) mass is 606 g/mol. The molecule has 0 aromatic heterocycles. The van der Waals surface area contributed by atoms with Crippen LogP contribution in [-0.4, -0.2) is 47.6 Å². The van der Waals surface area contributed by atoms with E-state index in [9.17, 15) is 19.8 Å². The number of esters is 2. The van der Waals surface area contributed by atoms with Crippen molar-refractivity contribution in [3.05, 3.63) is 36.5 Å². The van der Waals surface area contributed by atoms with Crippen molar-refractivity contribution in [3.63, 3.8) is 0 Å². The van der Waals surface area contributed by atoms with Crippen molar-refractivity contribution in [1.82, 2.24) is 0 Å². The molecule has 0 aliphatic carbocycles. The summed E-state index contributed by atoms with van der Waals surface area (Å²) in [6.07, 6.45) is 32.5. The molecule has 0 aliphatic heterocycles. The molecule has 250 valence electrons. The van der Waals surface area contributed by atoms with Crippen molar-refractivity contribution in [1.29, 1.82) is 0 Å². The fourth-order valence-corrected chi connectivity index (χ4v) is 4.77. The molecule has 0 rings (SSSR count). The van der Waals surface area contributed by atoms with Gasteiger partial charge < -0.3 is 19.7 Å². The topological polar surface area (TPSA) is 93.1 Å². The summed E-state index contributed by atoms with van der Waals surface area (Å²) in [7, 11) is 0. The number of allylic oxidation sites excluding steroid dienone is 4. The molecule has 0 saturated heterocycles. The van der Waals surface area contributed by atoms with Crippen LogP contribution >= 0.6 is 0 Å². The maximum Gasteiger partial charge on any atom is 0.306 e. The summed E-state index contributed by atoms with van der Waals surface area (Å²) >= 11 is 0. The van der Waals surface area contributed by atoms with Gasteiger partial charge in [0.25, 0.3) is 0 Å². The van der Waals surface area contributed by atoms with Gasteiger partial charge in [-0.1, -0.05) is 141 Å². The average Bonchev–Trinajstić information content (AvgIpc) is 2.98. The lowest BCUT2D eigenvalue weighted by Crippen LogP contribution is -2.28. The molecule has 0 aliphatic rings. The third kappa shape index (κ3) is 31.3. The highest BCUT2D eigenvalue weighted by Crippen LogP contribution is 2.14. The molecule has 0 aromatic rings. The summed E-state index contributed by atoms with van der Waals surface area (Å²) < 4.78 is 10.5. The van der Waals surface area contributed by atoms with Crippen LogP contribution in [0, 0.1) is 5.92 Å². The van der Waals surface area contributed by atoms with Gasteiger partial charge in [0.2, 0.25) is 0 Å². The number of hydrogen-bond acceptors (Lipinski definition) is 6. The van der Waals surface area contributed by atoms with Crippen LogP contribution in [0.3, 0.4) is 0 Å². The minimum atomic E-state index is -0.795. The second-order valence-electron chi connectivity index (χ2n) is 12.2. The van der Waals surface area contributed by atoms with Crippen molar-refractivity contribution >= 4 is 11.9 Å². The number of aliphatic hydroxyl groups excluding tert-OH is 2. The molecule has 6 heteroatoms. The summed E-state index contributed by atoms with van der Waals surface area (Å²) in [5.74, 6) is 0.174. The van der Waals surface area contributed by atoms with Crippen molar-refractivity contribution < 1.29 is 29.3 Å². The fraction of sp³-hybridized carbons (Fsp3) is 0.784. The van der Waals surface area contributed by atoms with Gasteiger partial charge in [-0.05, 0) is 44.4 Å². The summed E-state index contributed by atoms with van der Waals surface area (Å²) in [5.41, 5.74) is 0. The molecule has 0 amide bonds. The molecule has 43 heavy (non-hydrogen) atoms. The van der Waals surface area contributed by atoms with Crippen molar-refractivity contribution in [3.8, 4) is 0 Å². The standard InChI is InChI=1S/C37H66O6/c1-4-5-21-27-34(39)28-23-18-14-10-8-12-16-20-25-30-37(41)43-35(31-38)32-42-36(40)29-24-19-15-11-7-6-9-13-17-22-26-33(2)3/h5,14,18,21,23,28,33-35,38-39H,4,6-13,15-17,19-20,22,24-27,29-32H2,1-3H3/b18-14+,21-5+,28-23+/t34?,35-/m0/s1. The Hall–Kier alpha value is -1.92. The lowest BCUT2D eigenvalue weighted by atomic mass is 10.0. The third-order valence-electron chi connectivity index (χ3n) is 7.46. The van der Waals surface area contributed by atoms with Crippen molar-refractivity contribution in [2.45, 2.75) is 168 Å². The van der Waals surface area contributed by atoms with Gasteiger partial charge in [-0.2, -0.15) is 0 Å². The number of ether oxygens (including phenoxy) is 2. The van der Waals surface area contributed by atoms with Crippen LogP contribution in [0.1, 0.15) is 156 Å². The van der Waals surface area contributed by atoms with Crippen LogP contribution in [0.4, 0.5) is 0 Å². The Morgan fingerprint density at radius 1 is 0.698 bits per heavy atom. The van der Waals surface area contributed by atoms with Crippen molar-refractivity contribution in [2.75, 3.05) is 13.2 Å². The van der Waals surface area contributed by atoms with E-state index in [1.165, 1.54) is 51.4 Å². The third-order valence-corrected chi connectivity index (χ3v) is 7.46. The first-order valence-corrected chi connectivity index (χ1v) is 17.5. The highest BCUT2D eigenvalue weighted by atomic mass is 16.6. The quantitative estimate of drug-likeness (QED) is 0.0366. The van der Waals surface area contributed by atoms with E-state index in [1.807, 2.05) is 24.3 Å². The Labute approximate surface area is 264 Å². The molecule has 0 saturated carbocycles. The SMILES string of the molecule is CC/C=C/CC(O)/C=C/C=C/CCCCCCCC(=O)O[C@@H](CO)COC(=O)CCCCCCCCCCCCC(C)C. The number of rotatable bonds is 30. The first-order valence-electron chi connectivity index (χ1n) is 17.5. The van der Waals surface area contributed by atoms with E-state index in [2.05, 4.69) is 32.9 Å². The van der Waals surface area contributed by atoms with Gasteiger partial charge in [-0.25, -0.2) is 0 Å². The molecule has 0 radical (unpaired) electrons. The first kappa shape index (κ1) is 41.1. The van der Waals surface area contributed by atoms with Crippen LogP contribution in [0.2, 0.25) is 0 Å². The largest absolute Gasteiger partial charge is 0.462 e. The zero-order chi connectivity index (χ0) is 31.8. The summed E-state index contributed by atoms with van der Waals surface area (Å²) in [5, 5.41) is 19.3.